The van der Waals surface area contributed by atoms with Crippen LogP contribution in [0.4, 0.5) is 0 Å². The Morgan fingerprint density at radius 3 is 2.21 bits per heavy atom. The van der Waals surface area contributed by atoms with Crippen LogP contribution in [0, 0.1) is 0 Å². The molecule has 0 saturated heterocycles. The molecule has 0 aliphatic heterocycles. The number of phenols is 3. The molecule has 3 rings (SSSR count). The molecule has 1 heterocycles. The maximum absolute atomic E-state index is 12.5. The molecular formula is C25H32O9. The molecule has 0 bridgehead atoms. The molecule has 9 heteroatoms. The second-order valence-electron chi connectivity index (χ2n) is 6.78. The number of hydrogen-bond acceptors (Lipinski definition) is 9. The van der Waals surface area contributed by atoms with E-state index in [0.717, 1.165) is 7.11 Å². The minimum atomic E-state index is -0.857. The molecule has 9 nitrogen and oxygen atoms in total. The van der Waals surface area contributed by atoms with Crippen molar-refractivity contribution in [2.75, 3.05) is 7.11 Å². The van der Waals surface area contributed by atoms with E-state index in [4.69, 9.17) is 19.0 Å². The third kappa shape index (κ3) is 6.97. The molecule has 34 heavy (non-hydrogen) atoms. The summed E-state index contributed by atoms with van der Waals surface area (Å²) in [6.07, 6.45) is 0.138. The maximum Gasteiger partial charge on any atom is 0.201 e. The molecule has 1 aromatic heterocycles. The van der Waals surface area contributed by atoms with Crippen LogP contribution in [0.25, 0.3) is 22.3 Å². The lowest BCUT2D eigenvalue weighted by molar-refractivity contribution is -0.140. The molecule has 2 atom stereocenters. The molecule has 4 N–H and O–H groups in total. The van der Waals surface area contributed by atoms with E-state index in [1.54, 1.807) is 19.1 Å². The molecule has 186 valence electrons. The van der Waals surface area contributed by atoms with E-state index >= 15 is 0 Å². The number of aliphatic hydroxyl groups is 1. The summed E-state index contributed by atoms with van der Waals surface area (Å²) in [5, 5.41) is 36.9. The van der Waals surface area contributed by atoms with Gasteiger partial charge in [-0.2, -0.15) is 0 Å². The van der Waals surface area contributed by atoms with E-state index in [0.29, 0.717) is 24.7 Å². The molecule has 0 saturated carbocycles. The normalized spacial score (nSPS) is 11.9. The predicted molar refractivity (Wildman–Crippen MR) is 128 cm³/mol. The van der Waals surface area contributed by atoms with E-state index in [1.165, 1.54) is 24.3 Å². The fourth-order valence-corrected chi connectivity index (χ4v) is 2.93. The van der Waals surface area contributed by atoms with Gasteiger partial charge in [-0.3, -0.25) is 4.79 Å². The number of ether oxygens (including phenoxy) is 2. The molecule has 0 aliphatic carbocycles. The summed E-state index contributed by atoms with van der Waals surface area (Å²) in [6.45, 7) is 7.45. The molecule has 2 aromatic carbocycles. The summed E-state index contributed by atoms with van der Waals surface area (Å²) >= 11 is 0. The molecule has 0 radical (unpaired) electrons. The van der Waals surface area contributed by atoms with E-state index in [1.807, 2.05) is 20.8 Å². The van der Waals surface area contributed by atoms with Crippen LogP contribution in [-0.2, 0) is 9.53 Å². The molecular weight excluding hydrogens is 444 g/mol. The number of fused-ring (bicyclic) bond motifs is 1. The average molecular weight is 477 g/mol. The van der Waals surface area contributed by atoms with Gasteiger partial charge < -0.3 is 39.1 Å². The second kappa shape index (κ2) is 13.9. The minimum Gasteiger partial charge on any atom is -0.508 e. The van der Waals surface area contributed by atoms with Crippen molar-refractivity contribution in [3.8, 4) is 34.3 Å². The Morgan fingerprint density at radius 2 is 1.65 bits per heavy atom. The predicted octanol–water partition coefficient (Wildman–Crippen LogP) is 4.32. The smallest absolute Gasteiger partial charge is 0.201 e. The third-order valence-corrected chi connectivity index (χ3v) is 4.42. The Morgan fingerprint density at radius 1 is 1.03 bits per heavy atom. The van der Waals surface area contributed by atoms with Crippen LogP contribution in [0.15, 0.2) is 45.6 Å². The van der Waals surface area contributed by atoms with Crippen molar-refractivity contribution < 1.29 is 39.1 Å². The van der Waals surface area contributed by atoms with Crippen LogP contribution in [-0.4, -0.2) is 46.2 Å². The van der Waals surface area contributed by atoms with Crippen LogP contribution in [0.2, 0.25) is 0 Å². The Hall–Kier alpha value is -3.56. The third-order valence-electron chi connectivity index (χ3n) is 4.42. The summed E-state index contributed by atoms with van der Waals surface area (Å²) in [5.74, 6) is -1.18. The molecule has 0 amide bonds. The highest BCUT2D eigenvalue weighted by atomic mass is 16.7. The zero-order chi connectivity index (χ0) is 25.8. The van der Waals surface area contributed by atoms with Crippen molar-refractivity contribution in [3.63, 3.8) is 0 Å². The van der Waals surface area contributed by atoms with Crippen molar-refractivity contribution in [2.24, 2.45) is 0 Å². The topological polar surface area (TPSA) is 147 Å². The number of benzene rings is 2. The van der Waals surface area contributed by atoms with Crippen molar-refractivity contribution in [3.05, 3.63) is 46.6 Å². The standard InChI is InChI=1S/C22H22O8.C2H6.CH4O/c1-3-4-19(28-12(2)11-23)30-18-10-17-20(22(27)21(18)26)15(25)9-16(29-17)13-5-7-14(24)8-6-13;2*1-2/h5-12,19,24,26-27H,3-4H2,1-2H3;1-2H3;2H,1H3. The van der Waals surface area contributed by atoms with Gasteiger partial charge >= 0.3 is 0 Å². The van der Waals surface area contributed by atoms with Gasteiger partial charge in [0.1, 0.15) is 34.9 Å². The SMILES string of the molecule is CC.CCCC(Oc1cc2oc(-c3ccc(O)cc3)cc(=O)c2c(O)c1O)OC(C)C=O.CO. The van der Waals surface area contributed by atoms with Gasteiger partial charge in [-0.05, 0) is 31.2 Å². The van der Waals surface area contributed by atoms with Gasteiger partial charge in [-0.15, -0.1) is 0 Å². The number of aldehydes is 1. The first kappa shape index (κ1) is 28.5. The van der Waals surface area contributed by atoms with E-state index < -0.39 is 29.3 Å². The first-order chi connectivity index (χ1) is 16.3. The summed E-state index contributed by atoms with van der Waals surface area (Å²) in [7, 11) is 1.00. The van der Waals surface area contributed by atoms with Crippen molar-refractivity contribution >= 4 is 17.3 Å². The van der Waals surface area contributed by atoms with Crippen LogP contribution in [0.1, 0.15) is 40.5 Å². The highest BCUT2D eigenvalue weighted by Crippen LogP contribution is 2.42. The Labute approximate surface area is 197 Å². The lowest BCUT2D eigenvalue weighted by Crippen LogP contribution is -2.26. The van der Waals surface area contributed by atoms with Gasteiger partial charge in [0.25, 0.3) is 0 Å². The highest BCUT2D eigenvalue weighted by Gasteiger charge is 2.22. The minimum absolute atomic E-state index is 0.00504. The van der Waals surface area contributed by atoms with Crippen molar-refractivity contribution in [1.29, 1.82) is 0 Å². The number of carbonyl (C=O) groups is 1. The Bertz CT molecular complexity index is 1100. The zero-order valence-electron chi connectivity index (χ0n) is 19.9. The van der Waals surface area contributed by atoms with E-state index in [9.17, 15) is 24.9 Å². The molecule has 0 aliphatic rings. The number of aromatic hydroxyl groups is 3. The van der Waals surface area contributed by atoms with Crippen LogP contribution in [0.3, 0.4) is 0 Å². The highest BCUT2D eigenvalue weighted by molar-refractivity contribution is 5.89. The lowest BCUT2D eigenvalue weighted by Gasteiger charge is -2.21. The van der Waals surface area contributed by atoms with Gasteiger partial charge in [-0.25, -0.2) is 0 Å². The molecule has 0 fully saturated rings. The fourth-order valence-electron chi connectivity index (χ4n) is 2.93. The number of rotatable bonds is 8. The van der Waals surface area contributed by atoms with Gasteiger partial charge in [0.05, 0.1) is 0 Å². The number of hydrogen-bond donors (Lipinski definition) is 4. The maximum atomic E-state index is 12.5. The van der Waals surface area contributed by atoms with Crippen LogP contribution < -0.4 is 10.2 Å². The summed E-state index contributed by atoms with van der Waals surface area (Å²) in [4.78, 5) is 23.4. The van der Waals surface area contributed by atoms with Crippen molar-refractivity contribution in [1.82, 2.24) is 0 Å². The largest absolute Gasteiger partial charge is 0.508 e. The average Bonchev–Trinajstić information content (AvgIpc) is 2.85. The lowest BCUT2D eigenvalue weighted by atomic mass is 10.1. The van der Waals surface area contributed by atoms with Gasteiger partial charge in [-0.1, -0.05) is 27.2 Å². The van der Waals surface area contributed by atoms with E-state index in [-0.39, 0.29) is 28.2 Å². The number of phenolic OH excluding ortho intramolecular Hbond substituents is 3. The molecule has 3 aromatic rings. The summed E-state index contributed by atoms with van der Waals surface area (Å²) in [5.41, 5.74) is -0.0296. The van der Waals surface area contributed by atoms with Gasteiger partial charge in [0.2, 0.25) is 12.0 Å². The number of aliphatic hydroxyl groups excluding tert-OH is 1. The first-order valence-corrected chi connectivity index (χ1v) is 10.9. The number of carbonyl (C=O) groups excluding carboxylic acids is 1. The molecule has 0 spiro atoms. The monoisotopic (exact) mass is 476 g/mol. The fraction of sp³-hybridized carbons (Fsp3) is 0.360. The Kier molecular flexibility index (Phi) is 11.6. The van der Waals surface area contributed by atoms with Crippen molar-refractivity contribution in [2.45, 2.75) is 52.9 Å². The first-order valence-electron chi connectivity index (χ1n) is 10.9. The quantitative estimate of drug-likeness (QED) is 0.212. The Balaban J connectivity index is 0.00000137. The van der Waals surface area contributed by atoms with Crippen LogP contribution >= 0.6 is 0 Å². The molecule has 2 unspecified atom stereocenters. The van der Waals surface area contributed by atoms with Crippen LogP contribution in [0.5, 0.6) is 23.0 Å². The van der Waals surface area contributed by atoms with Gasteiger partial charge in [0.15, 0.2) is 16.9 Å². The van der Waals surface area contributed by atoms with Gasteiger partial charge in [0, 0.05) is 31.2 Å². The zero-order valence-corrected chi connectivity index (χ0v) is 19.9. The second-order valence-corrected chi connectivity index (χ2v) is 6.78. The summed E-state index contributed by atoms with van der Waals surface area (Å²) in [6, 6.07) is 8.51. The summed E-state index contributed by atoms with van der Waals surface area (Å²) < 4.78 is 16.9. The van der Waals surface area contributed by atoms with E-state index in [2.05, 4.69) is 0 Å².